The number of anilines is 2. The number of phenols is 1. The number of alkyl halides is 2. The third kappa shape index (κ3) is 4.14. The molecule has 248 valence electrons. The van der Waals surface area contributed by atoms with Gasteiger partial charge in [-0.2, -0.15) is 0 Å². The second kappa shape index (κ2) is 10.9. The van der Waals surface area contributed by atoms with Gasteiger partial charge in [-0.05, 0) is 83.3 Å². The number of phenolic OH excluding ortho intramolecular Hbond substituents is 1. The topological polar surface area (TPSA) is 95.0 Å². The molecule has 3 aromatic rings. The SMILES string of the molecule is O=C1[C@H]2[C@H](CC=C3[C@H]2C[C@@]2(Cl)C(=O)N(c4c(F)c(F)c(F)c(F)c4F)C(=O)[C@@]2(Cl)[C@H]3c2ccc(O)c(F)c2)C(=O)N1c1ccc(I)cc1. The van der Waals surface area contributed by atoms with Crippen molar-refractivity contribution in [3.05, 3.63) is 98.2 Å². The van der Waals surface area contributed by atoms with Gasteiger partial charge in [0.1, 0.15) is 5.69 Å². The Morgan fingerprint density at radius 2 is 1.38 bits per heavy atom. The van der Waals surface area contributed by atoms with E-state index < -0.39 is 110 Å². The number of hydrogen-bond donors (Lipinski definition) is 1. The number of carbonyl (C=O) groups excluding carboxylic acids is 4. The molecule has 7 rings (SSSR count). The predicted octanol–water partition coefficient (Wildman–Crippen LogP) is 6.60. The normalized spacial score (nSPS) is 29.6. The van der Waals surface area contributed by atoms with Crippen LogP contribution in [0.5, 0.6) is 5.75 Å². The summed E-state index contributed by atoms with van der Waals surface area (Å²) in [5, 5.41) is 9.89. The molecule has 2 heterocycles. The Kier molecular flexibility index (Phi) is 7.50. The quantitative estimate of drug-likeness (QED) is 0.0612. The highest BCUT2D eigenvalue weighted by Crippen LogP contribution is 2.66. The van der Waals surface area contributed by atoms with Gasteiger partial charge in [0.2, 0.25) is 17.6 Å². The minimum absolute atomic E-state index is 0.0786. The average molecular weight is 821 g/mol. The summed E-state index contributed by atoms with van der Waals surface area (Å²) >= 11 is 16.0. The van der Waals surface area contributed by atoms with Crippen molar-refractivity contribution < 1.29 is 50.6 Å². The molecule has 3 aromatic carbocycles. The molecule has 6 atom stereocenters. The fraction of sp³-hybridized carbons (Fsp3) is 0.250. The van der Waals surface area contributed by atoms with Crippen LogP contribution in [0.25, 0.3) is 0 Å². The van der Waals surface area contributed by atoms with E-state index in [9.17, 15) is 41.8 Å². The van der Waals surface area contributed by atoms with E-state index in [0.29, 0.717) is 0 Å². The maximum absolute atomic E-state index is 15.1. The van der Waals surface area contributed by atoms with Crippen molar-refractivity contribution in [2.24, 2.45) is 17.8 Å². The van der Waals surface area contributed by atoms with Crippen LogP contribution in [0.3, 0.4) is 0 Å². The molecule has 0 radical (unpaired) electrons. The third-order valence-corrected chi connectivity index (χ3v) is 11.7. The first-order valence-corrected chi connectivity index (χ1v) is 16.0. The molecule has 0 bridgehead atoms. The Balaban J connectivity index is 1.43. The molecule has 48 heavy (non-hydrogen) atoms. The maximum atomic E-state index is 15.1. The number of imide groups is 2. The summed E-state index contributed by atoms with van der Waals surface area (Å²) in [6, 6.07) is 9.27. The molecule has 7 nitrogen and oxygen atoms in total. The van der Waals surface area contributed by atoms with E-state index >= 15 is 8.78 Å². The third-order valence-electron chi connectivity index (χ3n) is 9.61. The molecular weight excluding hydrogens is 804 g/mol. The fourth-order valence-corrected chi connectivity index (χ4v) is 8.78. The summed E-state index contributed by atoms with van der Waals surface area (Å²) in [6.45, 7) is 0. The van der Waals surface area contributed by atoms with Crippen LogP contribution in [0.1, 0.15) is 24.3 Å². The number of amides is 4. The molecule has 0 unspecified atom stereocenters. The van der Waals surface area contributed by atoms with Crippen molar-refractivity contribution >= 4 is 80.8 Å². The highest BCUT2D eigenvalue weighted by atomic mass is 127. The summed E-state index contributed by atoms with van der Waals surface area (Å²) in [5.41, 5.74) is -1.69. The van der Waals surface area contributed by atoms with Crippen molar-refractivity contribution in [1.82, 2.24) is 0 Å². The van der Waals surface area contributed by atoms with Gasteiger partial charge in [0.25, 0.3) is 11.8 Å². The van der Waals surface area contributed by atoms with Gasteiger partial charge >= 0.3 is 0 Å². The number of fused-ring (bicyclic) bond motifs is 4. The summed E-state index contributed by atoms with van der Waals surface area (Å²) in [4.78, 5) is 51.2. The number of aromatic hydroxyl groups is 1. The molecule has 1 N–H and O–H groups in total. The highest BCUT2D eigenvalue weighted by Gasteiger charge is 2.77. The van der Waals surface area contributed by atoms with Gasteiger partial charge in [-0.1, -0.05) is 17.7 Å². The summed E-state index contributed by atoms with van der Waals surface area (Å²) in [7, 11) is 0. The monoisotopic (exact) mass is 820 g/mol. The Bertz CT molecular complexity index is 2020. The lowest BCUT2D eigenvalue weighted by Gasteiger charge is -2.50. The second-order valence-corrected chi connectivity index (χ2v) is 14.4. The molecule has 2 saturated heterocycles. The van der Waals surface area contributed by atoms with Crippen LogP contribution in [0.2, 0.25) is 0 Å². The minimum Gasteiger partial charge on any atom is -0.505 e. The zero-order chi connectivity index (χ0) is 34.8. The number of benzene rings is 3. The van der Waals surface area contributed by atoms with Crippen LogP contribution in [-0.2, 0) is 19.2 Å². The van der Waals surface area contributed by atoms with E-state index in [1.54, 1.807) is 24.3 Å². The van der Waals surface area contributed by atoms with Crippen LogP contribution >= 0.6 is 45.8 Å². The van der Waals surface area contributed by atoms with Crippen molar-refractivity contribution in [1.29, 1.82) is 0 Å². The number of allylic oxidation sites excluding steroid dienone is 2. The zero-order valence-electron chi connectivity index (χ0n) is 23.7. The van der Waals surface area contributed by atoms with E-state index in [1.807, 2.05) is 22.6 Å². The minimum atomic E-state index is -2.80. The van der Waals surface area contributed by atoms with Crippen molar-refractivity contribution in [2.45, 2.75) is 28.5 Å². The molecule has 4 aliphatic rings. The number of rotatable bonds is 3. The van der Waals surface area contributed by atoms with E-state index in [4.69, 9.17) is 23.2 Å². The molecule has 16 heteroatoms. The van der Waals surface area contributed by atoms with Gasteiger partial charge in [-0.15, -0.1) is 23.2 Å². The number of halogens is 9. The first-order valence-electron chi connectivity index (χ1n) is 14.2. The molecule has 2 aliphatic carbocycles. The van der Waals surface area contributed by atoms with Crippen LogP contribution < -0.4 is 9.80 Å². The largest absolute Gasteiger partial charge is 0.505 e. The van der Waals surface area contributed by atoms with Gasteiger partial charge < -0.3 is 5.11 Å². The second-order valence-electron chi connectivity index (χ2n) is 11.9. The van der Waals surface area contributed by atoms with E-state index in [2.05, 4.69) is 0 Å². The Hall–Kier alpha value is -3.63. The Morgan fingerprint density at radius 1 is 0.771 bits per heavy atom. The summed E-state index contributed by atoms with van der Waals surface area (Å²) in [6.07, 6.45) is 0.714. The zero-order valence-corrected chi connectivity index (χ0v) is 27.4. The first-order chi connectivity index (χ1) is 22.6. The van der Waals surface area contributed by atoms with Gasteiger partial charge in [0.15, 0.2) is 44.6 Å². The van der Waals surface area contributed by atoms with Gasteiger partial charge in [-0.3, -0.25) is 24.1 Å². The van der Waals surface area contributed by atoms with Crippen LogP contribution in [0, 0.1) is 56.2 Å². The summed E-state index contributed by atoms with van der Waals surface area (Å²) < 4.78 is 88.5. The van der Waals surface area contributed by atoms with Gasteiger partial charge in [0.05, 0.1) is 17.5 Å². The van der Waals surface area contributed by atoms with E-state index in [1.165, 1.54) is 6.08 Å². The molecular formula is C32H17Cl2F6IN2O5. The smallest absolute Gasteiger partial charge is 0.258 e. The lowest BCUT2D eigenvalue weighted by molar-refractivity contribution is -0.125. The van der Waals surface area contributed by atoms with E-state index in [0.717, 1.165) is 26.7 Å². The molecule has 2 aliphatic heterocycles. The number of nitrogens with zero attached hydrogens (tertiary/aromatic N) is 2. The van der Waals surface area contributed by atoms with Crippen LogP contribution in [0.15, 0.2) is 54.1 Å². The van der Waals surface area contributed by atoms with Crippen LogP contribution in [-0.4, -0.2) is 38.5 Å². The Labute approximate surface area is 290 Å². The fourth-order valence-electron chi connectivity index (χ4n) is 7.49. The average Bonchev–Trinajstić information content (AvgIpc) is 3.39. The highest BCUT2D eigenvalue weighted by molar-refractivity contribution is 14.1. The standard InChI is InChI=1S/C32H17Cl2F6IN2O5/c33-31-10-16-14(6-7-15-19(16)28(46)42(27(15)45)13-4-2-12(41)3-5-13)20(11-1-8-18(44)17(35)9-11)32(31,34)30(48)43(29(31)47)26-24(39)22(37)21(36)23(38)25(26)40/h1-6,8-9,15-16,19-20,44H,7,10H2/t15-,16+,19-,20-,31+,32-/m0/s1. The van der Waals surface area contributed by atoms with Crippen molar-refractivity contribution in [3.8, 4) is 5.75 Å². The van der Waals surface area contributed by atoms with Gasteiger partial charge in [0, 0.05) is 9.49 Å². The summed E-state index contributed by atoms with van der Waals surface area (Å²) in [5.74, 6) is -24.1. The first kappa shape index (κ1) is 32.9. The van der Waals surface area contributed by atoms with E-state index in [-0.39, 0.29) is 28.1 Å². The van der Waals surface area contributed by atoms with Gasteiger partial charge in [-0.25, -0.2) is 31.2 Å². The number of hydrogen-bond acceptors (Lipinski definition) is 5. The van der Waals surface area contributed by atoms with Crippen LogP contribution in [0.4, 0.5) is 37.7 Å². The predicted molar refractivity (Wildman–Crippen MR) is 166 cm³/mol. The van der Waals surface area contributed by atoms with Crippen molar-refractivity contribution in [2.75, 3.05) is 9.80 Å². The Morgan fingerprint density at radius 3 is 1.98 bits per heavy atom. The molecule has 4 amide bonds. The molecule has 0 spiro atoms. The van der Waals surface area contributed by atoms with Crippen molar-refractivity contribution in [3.63, 3.8) is 0 Å². The lowest BCUT2D eigenvalue weighted by Crippen LogP contribution is -2.60. The molecule has 3 fully saturated rings. The lowest BCUT2D eigenvalue weighted by atomic mass is 9.56. The molecule has 1 saturated carbocycles. The number of carbonyl (C=O) groups is 4. The maximum Gasteiger partial charge on any atom is 0.258 e. The molecule has 0 aromatic heterocycles.